The van der Waals surface area contributed by atoms with E-state index in [-0.39, 0.29) is 0 Å². The Hall–Kier alpha value is -1.18. The molecule has 1 aliphatic heterocycles. The molecule has 1 heterocycles. The van der Waals surface area contributed by atoms with Crippen LogP contribution in [-0.2, 0) is 9.47 Å². The average Bonchev–Trinajstić information content (AvgIpc) is 2.29. The van der Waals surface area contributed by atoms with Crippen LogP contribution in [0.3, 0.4) is 0 Å². The summed E-state index contributed by atoms with van der Waals surface area (Å²) in [6, 6.07) is 0. The van der Waals surface area contributed by atoms with Crippen molar-refractivity contribution in [3.05, 3.63) is 37.8 Å². The van der Waals surface area contributed by atoms with E-state index in [0.717, 1.165) is 0 Å². The van der Waals surface area contributed by atoms with E-state index in [2.05, 4.69) is 40.2 Å². The Kier molecular flexibility index (Phi) is 24.0. The fourth-order valence-electron chi connectivity index (χ4n) is 0.491. The van der Waals surface area contributed by atoms with Crippen molar-refractivity contribution in [3.8, 4) is 0 Å². The molecule has 1 fully saturated rings. The van der Waals surface area contributed by atoms with Crippen LogP contribution in [0.1, 0.15) is 34.1 Å². The Morgan fingerprint density at radius 2 is 1.13 bits per heavy atom. The number of ether oxygens (including phenoxy) is 2. The predicted octanol–water partition coefficient (Wildman–Crippen LogP) is 4.31. The van der Waals surface area contributed by atoms with E-state index < -0.39 is 0 Å². The zero-order chi connectivity index (χ0) is 12.7. The third kappa shape index (κ3) is 15.6. The maximum Gasteiger partial charge on any atom is 0.153 e. The van der Waals surface area contributed by atoms with E-state index in [1.165, 1.54) is 6.42 Å². The van der Waals surface area contributed by atoms with Gasteiger partial charge < -0.3 is 9.47 Å². The van der Waals surface area contributed by atoms with Crippen LogP contribution in [0.25, 0.3) is 0 Å². The van der Waals surface area contributed by atoms with E-state index in [9.17, 15) is 0 Å². The van der Waals surface area contributed by atoms with E-state index >= 15 is 0 Å². The van der Waals surface area contributed by atoms with Crippen LogP contribution in [0.15, 0.2) is 37.8 Å². The highest BCUT2D eigenvalue weighted by atomic mass is 16.6. The first-order chi connectivity index (χ1) is 7.22. The number of rotatable bonds is 0. The second-order valence-corrected chi connectivity index (χ2v) is 2.25. The molecular weight excluding hydrogens is 188 g/mol. The van der Waals surface area contributed by atoms with Gasteiger partial charge in [0.25, 0.3) is 0 Å². The van der Waals surface area contributed by atoms with Gasteiger partial charge in [0, 0.05) is 0 Å². The number of hydrogen-bond donors (Lipinski definition) is 0. The topological polar surface area (TPSA) is 18.5 Å². The second kappa shape index (κ2) is 18.6. The summed E-state index contributed by atoms with van der Waals surface area (Å²) in [5, 5.41) is 0. The van der Waals surface area contributed by atoms with Crippen molar-refractivity contribution in [2.75, 3.05) is 13.2 Å². The Morgan fingerprint density at radius 1 is 0.933 bits per heavy atom. The molecule has 0 N–H and O–H groups in total. The van der Waals surface area contributed by atoms with Crippen LogP contribution in [0, 0.1) is 0 Å². The van der Waals surface area contributed by atoms with Crippen molar-refractivity contribution >= 4 is 0 Å². The molecule has 0 aromatic rings. The molecule has 0 amide bonds. The first-order valence-corrected chi connectivity index (χ1v) is 5.36. The summed E-state index contributed by atoms with van der Waals surface area (Å²) in [4.78, 5) is 0. The summed E-state index contributed by atoms with van der Waals surface area (Å²) < 4.78 is 9.94. The van der Waals surface area contributed by atoms with Gasteiger partial charge in [-0.1, -0.05) is 47.3 Å². The summed E-state index contributed by atoms with van der Waals surface area (Å²) in [6.07, 6.45) is 1.25. The van der Waals surface area contributed by atoms with E-state index in [4.69, 9.17) is 9.47 Å². The third-order valence-electron chi connectivity index (χ3n) is 0.947. The quantitative estimate of drug-likeness (QED) is 0.559. The van der Waals surface area contributed by atoms with Crippen LogP contribution in [0.2, 0.25) is 0 Å². The first-order valence-electron chi connectivity index (χ1n) is 5.36. The Balaban J connectivity index is -0.000000176. The minimum Gasteiger partial charge on any atom is -0.487 e. The fraction of sp³-hybridized carbons (Fsp3) is 0.538. The largest absolute Gasteiger partial charge is 0.487 e. The molecule has 15 heavy (non-hydrogen) atoms. The number of hydrogen-bond acceptors (Lipinski definition) is 2. The average molecular weight is 214 g/mol. The summed E-state index contributed by atoms with van der Waals surface area (Å²) in [7, 11) is 0. The fourth-order valence-corrected chi connectivity index (χ4v) is 0.491. The molecule has 0 saturated carbocycles. The second-order valence-electron chi connectivity index (χ2n) is 2.25. The van der Waals surface area contributed by atoms with Gasteiger partial charge >= 0.3 is 0 Å². The Labute approximate surface area is 95.3 Å². The van der Waals surface area contributed by atoms with Crippen LogP contribution < -0.4 is 0 Å². The molecule has 0 aromatic heterocycles. The van der Waals surface area contributed by atoms with Crippen LogP contribution in [-0.4, -0.2) is 13.2 Å². The minimum atomic E-state index is 0.552. The highest BCUT2D eigenvalue weighted by molar-refractivity contribution is 5.13. The molecule has 0 aromatic carbocycles. The summed E-state index contributed by atoms with van der Waals surface area (Å²) in [5.41, 5.74) is 0. The van der Waals surface area contributed by atoms with Gasteiger partial charge in [0.15, 0.2) is 11.5 Å². The molecule has 0 radical (unpaired) electrons. The van der Waals surface area contributed by atoms with Crippen LogP contribution >= 0.6 is 0 Å². The molecule has 0 bridgehead atoms. The Morgan fingerprint density at radius 3 is 1.27 bits per heavy atom. The van der Waals surface area contributed by atoms with Crippen LogP contribution in [0.5, 0.6) is 0 Å². The predicted molar refractivity (Wildman–Crippen MR) is 68.8 cm³/mol. The summed E-state index contributed by atoms with van der Waals surface area (Å²) >= 11 is 0. The zero-order valence-corrected chi connectivity index (χ0v) is 10.8. The molecule has 0 aliphatic carbocycles. The van der Waals surface area contributed by atoms with Gasteiger partial charge in [0.1, 0.15) is 13.2 Å². The lowest BCUT2D eigenvalue weighted by atomic mass is 10.4. The Bertz CT molecular complexity index is 135. The van der Waals surface area contributed by atoms with E-state index in [0.29, 0.717) is 24.7 Å². The van der Waals surface area contributed by atoms with Crippen molar-refractivity contribution in [1.82, 2.24) is 0 Å². The maximum absolute atomic E-state index is 4.97. The van der Waals surface area contributed by atoms with Gasteiger partial charge in [0.05, 0.1) is 0 Å². The molecule has 0 atom stereocenters. The molecular formula is C13H26O2. The van der Waals surface area contributed by atoms with Gasteiger partial charge in [-0.05, 0) is 0 Å². The van der Waals surface area contributed by atoms with Crippen molar-refractivity contribution in [2.45, 2.75) is 34.1 Å². The van der Waals surface area contributed by atoms with E-state index in [1.54, 1.807) is 0 Å². The standard InChI is InChI=1S/C6H8O2.C3H8.C2H6.C2H4/c1-5-6(2)8-4-3-7-5;1-3-2;2*1-2/h1-4H2;3H2,1-2H3;1-2H3;1-2H2. The van der Waals surface area contributed by atoms with Gasteiger partial charge in [0.2, 0.25) is 0 Å². The minimum absolute atomic E-state index is 0.552. The molecule has 1 aliphatic rings. The normalized spacial score (nSPS) is 12.3. The molecule has 2 heteroatoms. The molecule has 0 spiro atoms. The highest BCUT2D eigenvalue weighted by Gasteiger charge is 2.07. The van der Waals surface area contributed by atoms with Crippen molar-refractivity contribution in [2.24, 2.45) is 0 Å². The van der Waals surface area contributed by atoms with Crippen molar-refractivity contribution in [1.29, 1.82) is 0 Å². The highest BCUT2D eigenvalue weighted by Crippen LogP contribution is 2.12. The smallest absolute Gasteiger partial charge is 0.153 e. The third-order valence-corrected chi connectivity index (χ3v) is 0.947. The lowest BCUT2D eigenvalue weighted by molar-refractivity contribution is 0.0614. The van der Waals surface area contributed by atoms with Gasteiger partial charge in [-0.15, -0.1) is 13.2 Å². The lowest BCUT2D eigenvalue weighted by Crippen LogP contribution is -2.11. The molecule has 0 unspecified atom stereocenters. The van der Waals surface area contributed by atoms with Crippen molar-refractivity contribution in [3.63, 3.8) is 0 Å². The summed E-state index contributed by atoms with van der Waals surface area (Å²) in [5.74, 6) is 1.10. The SMILES string of the molecule is C=C.C=C1OCCOC1=C.CC.CCC. The van der Waals surface area contributed by atoms with Crippen LogP contribution in [0.4, 0.5) is 0 Å². The van der Waals surface area contributed by atoms with E-state index in [1.807, 2.05) is 13.8 Å². The molecule has 1 saturated heterocycles. The van der Waals surface area contributed by atoms with Gasteiger partial charge in [-0.25, -0.2) is 0 Å². The summed E-state index contributed by atoms with van der Waals surface area (Å²) in [6.45, 7) is 22.5. The van der Waals surface area contributed by atoms with Crippen molar-refractivity contribution < 1.29 is 9.47 Å². The van der Waals surface area contributed by atoms with Gasteiger partial charge in [-0.2, -0.15) is 0 Å². The lowest BCUT2D eigenvalue weighted by Gasteiger charge is -2.17. The monoisotopic (exact) mass is 214 g/mol. The molecule has 90 valence electrons. The van der Waals surface area contributed by atoms with Gasteiger partial charge in [-0.3, -0.25) is 0 Å². The first kappa shape index (κ1) is 19.4. The maximum atomic E-state index is 4.97. The zero-order valence-electron chi connectivity index (χ0n) is 10.8. The molecule has 1 rings (SSSR count). The molecule has 2 nitrogen and oxygen atoms in total.